The summed E-state index contributed by atoms with van der Waals surface area (Å²) in [5.74, 6) is 0. The van der Waals surface area contributed by atoms with Gasteiger partial charge in [-0.05, 0) is 25.3 Å². The van der Waals surface area contributed by atoms with Crippen LogP contribution in [0.15, 0.2) is 24.3 Å². The molecule has 94 valence electrons. The molecule has 0 radical (unpaired) electrons. The Morgan fingerprint density at radius 2 is 1.31 bits per heavy atom. The van der Waals surface area contributed by atoms with E-state index in [0.717, 1.165) is 0 Å². The predicted octanol–water partition coefficient (Wildman–Crippen LogP) is 5.78. The van der Waals surface area contributed by atoms with Crippen LogP contribution in [0.4, 0.5) is 0 Å². The van der Waals surface area contributed by atoms with E-state index in [0.29, 0.717) is 0 Å². The lowest BCUT2D eigenvalue weighted by Gasteiger charge is -2.00. The summed E-state index contributed by atoms with van der Waals surface area (Å²) in [6.07, 6.45) is 5.24. The molecule has 0 amide bonds. The van der Waals surface area contributed by atoms with Crippen molar-refractivity contribution in [2.45, 2.75) is 67.2 Å². The molecule has 0 aliphatic rings. The monoisotopic (exact) mass is 222 g/mol. The number of rotatable bonds is 4. The fourth-order valence-corrected chi connectivity index (χ4v) is 1.33. The van der Waals surface area contributed by atoms with Gasteiger partial charge in [0.05, 0.1) is 0 Å². The number of hydrogen-bond acceptors (Lipinski definition) is 0. The molecule has 0 spiro atoms. The van der Waals surface area contributed by atoms with Crippen LogP contribution in [0, 0.1) is 6.92 Å². The minimum absolute atomic E-state index is 1.24. The standard InChI is InChI=1S/C12H18.2C2H6/c1-3-4-5-6-12-9-7-11(2)8-10-12;2*1-2/h7-10H,3-6H2,1-2H3;2*1-2H3. The van der Waals surface area contributed by atoms with Gasteiger partial charge in [-0.3, -0.25) is 0 Å². The molecule has 0 heteroatoms. The molecule has 0 saturated heterocycles. The van der Waals surface area contributed by atoms with E-state index < -0.39 is 0 Å². The highest BCUT2D eigenvalue weighted by Crippen LogP contribution is 2.07. The van der Waals surface area contributed by atoms with Crippen molar-refractivity contribution in [1.29, 1.82) is 0 Å². The van der Waals surface area contributed by atoms with E-state index >= 15 is 0 Å². The summed E-state index contributed by atoms with van der Waals surface area (Å²) in [6.45, 7) is 12.4. The smallest absolute Gasteiger partial charge is 0.0279 e. The lowest BCUT2D eigenvalue weighted by molar-refractivity contribution is 0.717. The zero-order valence-electron chi connectivity index (χ0n) is 12.1. The van der Waals surface area contributed by atoms with Crippen molar-refractivity contribution in [1.82, 2.24) is 0 Å². The minimum atomic E-state index is 1.24. The molecular weight excluding hydrogens is 192 g/mol. The Balaban J connectivity index is 0. The van der Waals surface area contributed by atoms with Gasteiger partial charge in [0.25, 0.3) is 0 Å². The lowest BCUT2D eigenvalue weighted by Crippen LogP contribution is -1.84. The van der Waals surface area contributed by atoms with Crippen molar-refractivity contribution in [2.75, 3.05) is 0 Å². The maximum atomic E-state index is 2.25. The predicted molar refractivity (Wildman–Crippen MR) is 77.1 cm³/mol. The highest BCUT2D eigenvalue weighted by molar-refractivity contribution is 5.21. The first-order valence-electron chi connectivity index (χ1n) is 6.88. The minimum Gasteiger partial charge on any atom is -0.0683 e. The highest BCUT2D eigenvalue weighted by Gasteiger charge is 1.91. The van der Waals surface area contributed by atoms with Crippen molar-refractivity contribution < 1.29 is 0 Å². The van der Waals surface area contributed by atoms with Gasteiger partial charge in [0.2, 0.25) is 0 Å². The van der Waals surface area contributed by atoms with E-state index in [4.69, 9.17) is 0 Å². The van der Waals surface area contributed by atoms with Crippen LogP contribution in [0.3, 0.4) is 0 Å². The Kier molecular flexibility index (Phi) is 15.7. The highest BCUT2D eigenvalue weighted by atomic mass is 14.0. The van der Waals surface area contributed by atoms with E-state index in [2.05, 4.69) is 38.1 Å². The molecule has 16 heavy (non-hydrogen) atoms. The molecule has 0 fully saturated rings. The first-order valence-corrected chi connectivity index (χ1v) is 6.88. The van der Waals surface area contributed by atoms with Gasteiger partial charge in [-0.25, -0.2) is 0 Å². The topological polar surface area (TPSA) is 0 Å². The molecule has 0 unspecified atom stereocenters. The van der Waals surface area contributed by atoms with E-state index in [1.807, 2.05) is 27.7 Å². The normalized spacial score (nSPS) is 8.38. The van der Waals surface area contributed by atoms with Crippen LogP contribution in [0.25, 0.3) is 0 Å². The Bertz CT molecular complexity index is 208. The second kappa shape index (κ2) is 14.2. The van der Waals surface area contributed by atoms with Gasteiger partial charge in [0, 0.05) is 0 Å². The summed E-state index contributed by atoms with van der Waals surface area (Å²) >= 11 is 0. The molecule has 0 nitrogen and oxygen atoms in total. The Morgan fingerprint density at radius 1 is 0.812 bits per heavy atom. The summed E-state index contributed by atoms with van der Waals surface area (Å²) in [4.78, 5) is 0. The van der Waals surface area contributed by atoms with Crippen molar-refractivity contribution in [3.8, 4) is 0 Å². The van der Waals surface area contributed by atoms with Gasteiger partial charge in [0.15, 0.2) is 0 Å². The third-order valence-corrected chi connectivity index (χ3v) is 2.19. The Labute approximate surface area is 103 Å². The van der Waals surface area contributed by atoms with Crippen molar-refractivity contribution in [3.05, 3.63) is 35.4 Å². The SMILES string of the molecule is CC.CC.CCCCCc1ccc(C)cc1. The third-order valence-electron chi connectivity index (χ3n) is 2.19. The first kappa shape index (κ1) is 17.6. The lowest BCUT2D eigenvalue weighted by atomic mass is 10.1. The second-order valence-corrected chi connectivity index (χ2v) is 3.44. The number of hydrogen-bond donors (Lipinski definition) is 0. The molecule has 0 aromatic heterocycles. The van der Waals surface area contributed by atoms with Crippen LogP contribution in [-0.4, -0.2) is 0 Å². The van der Waals surface area contributed by atoms with Crippen LogP contribution in [0.5, 0.6) is 0 Å². The van der Waals surface area contributed by atoms with Gasteiger partial charge < -0.3 is 0 Å². The summed E-state index contributed by atoms with van der Waals surface area (Å²) in [5.41, 5.74) is 2.84. The molecule has 1 aromatic carbocycles. The largest absolute Gasteiger partial charge is 0.0683 e. The average molecular weight is 222 g/mol. The number of unbranched alkanes of at least 4 members (excludes halogenated alkanes) is 2. The van der Waals surface area contributed by atoms with E-state index in [9.17, 15) is 0 Å². The van der Waals surface area contributed by atoms with Gasteiger partial charge in [-0.2, -0.15) is 0 Å². The fourth-order valence-electron chi connectivity index (χ4n) is 1.33. The zero-order valence-corrected chi connectivity index (χ0v) is 12.1. The van der Waals surface area contributed by atoms with Crippen LogP contribution < -0.4 is 0 Å². The Morgan fingerprint density at radius 3 is 1.75 bits per heavy atom. The average Bonchev–Trinajstić information content (AvgIpc) is 2.37. The molecule has 0 saturated carbocycles. The van der Waals surface area contributed by atoms with Crippen LogP contribution in [0.1, 0.15) is 65.0 Å². The summed E-state index contributed by atoms with van der Waals surface area (Å²) in [5, 5.41) is 0. The van der Waals surface area contributed by atoms with Gasteiger partial charge >= 0.3 is 0 Å². The fraction of sp³-hybridized carbons (Fsp3) is 0.625. The molecule has 0 N–H and O–H groups in total. The summed E-state index contributed by atoms with van der Waals surface area (Å²) < 4.78 is 0. The first-order chi connectivity index (χ1) is 7.83. The number of benzene rings is 1. The molecule has 0 heterocycles. The molecule has 0 aliphatic carbocycles. The van der Waals surface area contributed by atoms with Crippen LogP contribution >= 0.6 is 0 Å². The van der Waals surface area contributed by atoms with Gasteiger partial charge in [-0.15, -0.1) is 0 Å². The molecular formula is C16H30. The van der Waals surface area contributed by atoms with Gasteiger partial charge in [-0.1, -0.05) is 77.3 Å². The van der Waals surface area contributed by atoms with Crippen LogP contribution in [0.2, 0.25) is 0 Å². The van der Waals surface area contributed by atoms with E-state index in [1.165, 1.54) is 36.8 Å². The Hall–Kier alpha value is -0.780. The third kappa shape index (κ3) is 9.76. The summed E-state index contributed by atoms with van der Waals surface area (Å²) in [7, 11) is 0. The molecule has 1 rings (SSSR count). The van der Waals surface area contributed by atoms with Crippen molar-refractivity contribution in [2.24, 2.45) is 0 Å². The van der Waals surface area contributed by atoms with Crippen molar-refractivity contribution in [3.63, 3.8) is 0 Å². The molecule has 0 aliphatic heterocycles. The molecule has 0 bridgehead atoms. The molecule has 1 aromatic rings. The van der Waals surface area contributed by atoms with Crippen molar-refractivity contribution >= 4 is 0 Å². The number of aryl methyl sites for hydroxylation is 2. The zero-order chi connectivity index (χ0) is 12.8. The summed E-state index contributed by atoms with van der Waals surface area (Å²) in [6, 6.07) is 8.87. The second-order valence-electron chi connectivity index (χ2n) is 3.44. The van der Waals surface area contributed by atoms with Gasteiger partial charge in [0.1, 0.15) is 0 Å². The maximum Gasteiger partial charge on any atom is -0.0279 e. The van der Waals surface area contributed by atoms with Crippen LogP contribution in [-0.2, 0) is 6.42 Å². The van der Waals surface area contributed by atoms with E-state index in [1.54, 1.807) is 0 Å². The maximum absolute atomic E-state index is 2.25. The van der Waals surface area contributed by atoms with E-state index in [-0.39, 0.29) is 0 Å². The molecule has 0 atom stereocenters. The quantitative estimate of drug-likeness (QED) is 0.566.